The van der Waals surface area contributed by atoms with Crippen LogP contribution in [-0.4, -0.2) is 11.5 Å². The highest BCUT2D eigenvalue weighted by atomic mass is 127. The maximum absolute atomic E-state index is 10.9. The zero-order valence-electron chi connectivity index (χ0n) is 10.7. The van der Waals surface area contributed by atoms with Gasteiger partial charge < -0.3 is 9.47 Å². The number of nitrogens with zero attached hydrogens (tertiary/aromatic N) is 1. The van der Waals surface area contributed by atoms with Gasteiger partial charge in [0.25, 0.3) is 0 Å². The van der Waals surface area contributed by atoms with Gasteiger partial charge in [0.15, 0.2) is 0 Å². The fourth-order valence-corrected chi connectivity index (χ4v) is 2.13. The van der Waals surface area contributed by atoms with Crippen molar-refractivity contribution in [2.45, 2.75) is 6.92 Å². The van der Waals surface area contributed by atoms with Gasteiger partial charge in [0.1, 0.15) is 11.5 Å². The smallest absolute Gasteiger partial charge is 0.311 e. The average molecular weight is 385 g/mol. The van der Waals surface area contributed by atoms with Gasteiger partial charge in [-0.15, -0.1) is 0 Å². The summed E-state index contributed by atoms with van der Waals surface area (Å²) in [5, 5.41) is 10.9. The third-order valence-corrected chi connectivity index (χ3v) is 3.38. The Labute approximate surface area is 129 Å². The molecule has 0 spiro atoms. The molecule has 0 saturated carbocycles. The number of hydrogen-bond donors (Lipinski definition) is 0. The van der Waals surface area contributed by atoms with Crippen LogP contribution in [0, 0.1) is 13.7 Å². The van der Waals surface area contributed by atoms with Crippen molar-refractivity contribution >= 4 is 28.3 Å². The van der Waals surface area contributed by atoms with Crippen molar-refractivity contribution in [3.05, 3.63) is 56.1 Å². The first-order valence-electron chi connectivity index (χ1n) is 5.95. The highest BCUT2D eigenvalue weighted by Gasteiger charge is 2.16. The topological polar surface area (TPSA) is 61.6 Å². The molecule has 0 unspecified atom stereocenters. The van der Waals surface area contributed by atoms with Crippen molar-refractivity contribution in [1.29, 1.82) is 0 Å². The third-order valence-electron chi connectivity index (χ3n) is 2.49. The Balaban J connectivity index is 2.32. The fraction of sp³-hybridized carbons (Fsp3) is 0.143. The van der Waals surface area contributed by atoms with Gasteiger partial charge in [0.2, 0.25) is 5.75 Å². The van der Waals surface area contributed by atoms with Gasteiger partial charge in [-0.05, 0) is 47.7 Å². The summed E-state index contributed by atoms with van der Waals surface area (Å²) in [6, 6.07) is 12.0. The molecule has 0 fully saturated rings. The van der Waals surface area contributed by atoms with Gasteiger partial charge in [-0.25, -0.2) is 0 Å². The molecule has 0 aliphatic rings. The monoisotopic (exact) mass is 385 g/mol. The molecule has 2 aromatic rings. The van der Waals surface area contributed by atoms with Crippen LogP contribution in [0.3, 0.4) is 0 Å². The maximum Gasteiger partial charge on any atom is 0.311 e. The Morgan fingerprint density at radius 1 is 1.20 bits per heavy atom. The van der Waals surface area contributed by atoms with E-state index in [-0.39, 0.29) is 11.4 Å². The Bertz CT molecular complexity index is 630. The second-order valence-electron chi connectivity index (χ2n) is 3.85. The minimum atomic E-state index is -0.471. The van der Waals surface area contributed by atoms with Gasteiger partial charge in [-0.2, -0.15) is 0 Å². The Kier molecular flexibility index (Phi) is 4.78. The van der Waals surface area contributed by atoms with E-state index >= 15 is 0 Å². The molecular weight excluding hydrogens is 373 g/mol. The number of rotatable bonds is 5. The van der Waals surface area contributed by atoms with Crippen molar-refractivity contribution in [2.24, 2.45) is 0 Å². The second kappa shape index (κ2) is 6.56. The first-order valence-corrected chi connectivity index (χ1v) is 7.03. The number of hydrogen-bond acceptors (Lipinski definition) is 4. The Morgan fingerprint density at radius 2 is 1.95 bits per heavy atom. The molecule has 2 aromatic carbocycles. The van der Waals surface area contributed by atoms with E-state index in [1.807, 2.05) is 24.3 Å². The van der Waals surface area contributed by atoms with E-state index in [2.05, 4.69) is 22.6 Å². The molecule has 0 amide bonds. The van der Waals surface area contributed by atoms with E-state index in [4.69, 9.17) is 9.47 Å². The summed E-state index contributed by atoms with van der Waals surface area (Å²) in [5.74, 6) is 1.41. The van der Waals surface area contributed by atoms with Gasteiger partial charge >= 0.3 is 5.69 Å². The lowest BCUT2D eigenvalue weighted by Gasteiger charge is -2.09. The quantitative estimate of drug-likeness (QED) is 0.435. The summed E-state index contributed by atoms with van der Waals surface area (Å²) in [5.41, 5.74) is -0.0676. The van der Waals surface area contributed by atoms with Crippen molar-refractivity contribution < 1.29 is 14.4 Å². The zero-order valence-corrected chi connectivity index (χ0v) is 12.9. The average Bonchev–Trinajstić information content (AvgIpc) is 2.42. The lowest BCUT2D eigenvalue weighted by molar-refractivity contribution is -0.385. The molecule has 0 aliphatic carbocycles. The van der Waals surface area contributed by atoms with E-state index in [1.54, 1.807) is 13.0 Å². The standard InChI is InChI=1S/C14H12INO4/c1-2-19-14-9-10(7-8-12(14)16(17)18)20-13-6-4-3-5-11(13)15/h3-9H,2H2,1H3. The SMILES string of the molecule is CCOc1cc(Oc2ccccc2I)ccc1[N+](=O)[O-]. The number of nitro groups is 1. The fourth-order valence-electron chi connectivity index (χ4n) is 1.63. The molecule has 0 radical (unpaired) electrons. The minimum Gasteiger partial charge on any atom is -0.487 e. The summed E-state index contributed by atoms with van der Waals surface area (Å²) >= 11 is 2.17. The van der Waals surface area contributed by atoms with Crippen LogP contribution in [0.25, 0.3) is 0 Å². The predicted molar refractivity (Wildman–Crippen MR) is 83.5 cm³/mol. The van der Waals surface area contributed by atoms with Crippen LogP contribution in [0.1, 0.15) is 6.92 Å². The first-order chi connectivity index (χ1) is 9.61. The van der Waals surface area contributed by atoms with Crippen LogP contribution in [-0.2, 0) is 0 Å². The molecule has 5 nitrogen and oxygen atoms in total. The highest BCUT2D eigenvalue weighted by Crippen LogP contribution is 2.34. The first kappa shape index (κ1) is 14.6. The van der Waals surface area contributed by atoms with Crippen LogP contribution < -0.4 is 9.47 Å². The minimum absolute atomic E-state index is 0.0676. The predicted octanol–water partition coefficient (Wildman–Crippen LogP) is 4.39. The van der Waals surface area contributed by atoms with Crippen molar-refractivity contribution in [3.63, 3.8) is 0 Å². The molecule has 0 atom stereocenters. The van der Waals surface area contributed by atoms with Gasteiger partial charge in [-0.3, -0.25) is 10.1 Å². The van der Waals surface area contributed by atoms with E-state index in [0.717, 1.165) is 3.57 Å². The molecule has 6 heteroatoms. The van der Waals surface area contributed by atoms with E-state index in [1.165, 1.54) is 12.1 Å². The molecule has 104 valence electrons. The number of halogens is 1. The normalized spacial score (nSPS) is 10.1. The number of ether oxygens (including phenoxy) is 2. The highest BCUT2D eigenvalue weighted by molar-refractivity contribution is 14.1. The van der Waals surface area contributed by atoms with Gasteiger partial charge in [-0.1, -0.05) is 12.1 Å². The number of para-hydroxylation sites is 1. The molecule has 0 N–H and O–H groups in total. The summed E-state index contributed by atoms with van der Waals surface area (Å²) < 4.78 is 12.0. The van der Waals surface area contributed by atoms with Crippen LogP contribution in [0.15, 0.2) is 42.5 Å². The van der Waals surface area contributed by atoms with Gasteiger partial charge in [0.05, 0.1) is 15.1 Å². The summed E-state index contributed by atoms with van der Waals surface area (Å²) in [6.45, 7) is 2.13. The van der Waals surface area contributed by atoms with Crippen molar-refractivity contribution in [2.75, 3.05) is 6.61 Å². The maximum atomic E-state index is 10.9. The van der Waals surface area contributed by atoms with Crippen LogP contribution >= 0.6 is 22.6 Å². The summed E-state index contributed by atoms with van der Waals surface area (Å²) in [6.07, 6.45) is 0. The van der Waals surface area contributed by atoms with Gasteiger partial charge in [0, 0.05) is 12.1 Å². The van der Waals surface area contributed by atoms with Crippen LogP contribution in [0.2, 0.25) is 0 Å². The van der Waals surface area contributed by atoms with E-state index < -0.39 is 4.92 Å². The Hall–Kier alpha value is -1.83. The van der Waals surface area contributed by atoms with E-state index in [9.17, 15) is 10.1 Å². The molecule has 0 aliphatic heterocycles. The molecule has 0 saturated heterocycles. The lowest BCUT2D eigenvalue weighted by atomic mass is 10.2. The zero-order chi connectivity index (χ0) is 14.5. The van der Waals surface area contributed by atoms with Crippen molar-refractivity contribution in [1.82, 2.24) is 0 Å². The second-order valence-corrected chi connectivity index (χ2v) is 5.01. The number of nitro benzene ring substituents is 1. The summed E-state index contributed by atoms with van der Waals surface area (Å²) in [4.78, 5) is 10.4. The molecule has 2 rings (SSSR count). The molecule has 0 bridgehead atoms. The van der Waals surface area contributed by atoms with E-state index in [0.29, 0.717) is 18.1 Å². The van der Waals surface area contributed by atoms with Crippen molar-refractivity contribution in [3.8, 4) is 17.2 Å². The van der Waals surface area contributed by atoms with Crippen LogP contribution in [0.5, 0.6) is 17.2 Å². The van der Waals surface area contributed by atoms with Crippen LogP contribution in [0.4, 0.5) is 5.69 Å². The Morgan fingerprint density at radius 3 is 2.60 bits per heavy atom. The molecule has 0 aromatic heterocycles. The molecular formula is C14H12INO4. The summed E-state index contributed by atoms with van der Waals surface area (Å²) in [7, 11) is 0. The largest absolute Gasteiger partial charge is 0.487 e. The molecule has 0 heterocycles. The lowest BCUT2D eigenvalue weighted by Crippen LogP contribution is -1.98. The number of benzene rings is 2. The third kappa shape index (κ3) is 3.38. The molecule has 20 heavy (non-hydrogen) atoms.